The molecule has 0 spiro atoms. The van der Waals surface area contributed by atoms with Crippen molar-refractivity contribution in [3.8, 4) is 0 Å². The Kier molecular flexibility index (Phi) is 6.19. The van der Waals surface area contributed by atoms with Crippen molar-refractivity contribution < 1.29 is 9.77 Å². The topological polar surface area (TPSA) is 66.9 Å². The Morgan fingerprint density at radius 1 is 1.34 bits per heavy atom. The van der Waals surface area contributed by atoms with Crippen LogP contribution in [0.2, 0.25) is 0 Å². The Morgan fingerprint density at radius 3 is 2.88 bits per heavy atom. The standard InChI is InChI=1S/C26H40N5O/c1-18(12-15-31-17-30(6)24-22(31)23(29-32)27-16-28-24)8-10-20-19(2)9-11-21-25(3,4)13-7-14-26(20,21)5/h12,16-17,20-21,32H,2,7-11,13-15H2,1,3-6H3,(H,27,28,29)/q+1/b18-12+/t20-,21-,26+/m1/s1. The number of rotatable bonds is 6. The third kappa shape index (κ3) is 3.98. The molecule has 2 aliphatic rings. The van der Waals surface area contributed by atoms with Gasteiger partial charge in [0.2, 0.25) is 5.52 Å². The molecule has 0 aromatic carbocycles. The lowest BCUT2D eigenvalue weighted by Crippen LogP contribution is -2.49. The van der Waals surface area contributed by atoms with Crippen molar-refractivity contribution in [3.63, 3.8) is 0 Å². The third-order valence-electron chi connectivity index (χ3n) is 8.63. The van der Waals surface area contributed by atoms with Gasteiger partial charge in [0, 0.05) is 0 Å². The summed E-state index contributed by atoms with van der Waals surface area (Å²) in [4.78, 5) is 8.50. The molecule has 2 heterocycles. The molecule has 2 saturated carbocycles. The Morgan fingerprint density at radius 2 is 2.12 bits per heavy atom. The molecule has 6 nitrogen and oxygen atoms in total. The summed E-state index contributed by atoms with van der Waals surface area (Å²) in [6.45, 7) is 15.0. The number of nitrogens with one attached hydrogen (secondary N) is 1. The molecule has 174 valence electrons. The summed E-state index contributed by atoms with van der Waals surface area (Å²) < 4.78 is 4.04. The van der Waals surface area contributed by atoms with Crippen molar-refractivity contribution in [2.75, 3.05) is 5.48 Å². The van der Waals surface area contributed by atoms with E-state index in [1.54, 1.807) is 0 Å². The molecule has 2 aliphatic carbocycles. The van der Waals surface area contributed by atoms with Gasteiger partial charge in [0.25, 0.3) is 0 Å². The highest BCUT2D eigenvalue weighted by atomic mass is 16.5. The van der Waals surface area contributed by atoms with Gasteiger partial charge in [-0.2, -0.15) is 4.98 Å². The Hall–Kier alpha value is -2.21. The second kappa shape index (κ2) is 8.62. The number of anilines is 1. The van der Waals surface area contributed by atoms with Crippen molar-refractivity contribution in [2.24, 2.45) is 29.7 Å². The molecule has 0 saturated heterocycles. The molecule has 0 bridgehead atoms. The first-order valence-electron chi connectivity index (χ1n) is 12.1. The van der Waals surface area contributed by atoms with E-state index in [2.05, 4.69) is 60.4 Å². The molecule has 2 aromatic heterocycles. The highest BCUT2D eigenvalue weighted by Gasteiger charge is 2.52. The van der Waals surface area contributed by atoms with Crippen LogP contribution < -0.4 is 10.0 Å². The van der Waals surface area contributed by atoms with Gasteiger partial charge in [0.15, 0.2) is 18.5 Å². The Balaban J connectivity index is 1.48. The molecule has 6 heteroatoms. The number of imidazole rings is 1. The van der Waals surface area contributed by atoms with Crippen molar-refractivity contribution in [1.29, 1.82) is 0 Å². The van der Waals surface area contributed by atoms with E-state index in [0.717, 1.165) is 30.0 Å². The van der Waals surface area contributed by atoms with E-state index in [4.69, 9.17) is 0 Å². The molecule has 4 rings (SSSR count). The fourth-order valence-electron chi connectivity index (χ4n) is 6.97. The normalized spacial score (nSPS) is 28.1. The van der Waals surface area contributed by atoms with Crippen LogP contribution in [0.15, 0.2) is 36.5 Å². The summed E-state index contributed by atoms with van der Waals surface area (Å²) in [7, 11) is 1.96. The van der Waals surface area contributed by atoms with E-state index in [0.29, 0.717) is 22.6 Å². The van der Waals surface area contributed by atoms with Crippen molar-refractivity contribution >= 4 is 17.0 Å². The molecule has 0 radical (unpaired) electrons. The summed E-state index contributed by atoms with van der Waals surface area (Å²) in [6.07, 6.45) is 14.6. The van der Waals surface area contributed by atoms with Gasteiger partial charge in [0.1, 0.15) is 0 Å². The van der Waals surface area contributed by atoms with Crippen LogP contribution >= 0.6 is 0 Å². The fourth-order valence-corrected chi connectivity index (χ4v) is 6.97. The van der Waals surface area contributed by atoms with Gasteiger partial charge < -0.3 is 0 Å². The quantitative estimate of drug-likeness (QED) is 0.351. The van der Waals surface area contributed by atoms with Crippen LogP contribution in [0.4, 0.5) is 5.82 Å². The van der Waals surface area contributed by atoms with Gasteiger partial charge in [0.05, 0.1) is 13.6 Å². The largest absolute Gasteiger partial charge is 0.307 e. The zero-order chi connectivity index (χ0) is 23.1. The minimum Gasteiger partial charge on any atom is -0.290 e. The molecule has 2 fully saturated rings. The summed E-state index contributed by atoms with van der Waals surface area (Å²) in [6, 6.07) is 0. The van der Waals surface area contributed by atoms with Gasteiger partial charge in [-0.3, -0.25) is 9.77 Å². The first-order valence-corrected chi connectivity index (χ1v) is 12.1. The minimum absolute atomic E-state index is 0.390. The monoisotopic (exact) mass is 438 g/mol. The number of hydrogen-bond acceptors (Lipinski definition) is 4. The van der Waals surface area contributed by atoms with Crippen LogP contribution in [0, 0.1) is 22.7 Å². The van der Waals surface area contributed by atoms with Crippen LogP contribution in [-0.4, -0.2) is 19.7 Å². The number of hydrogen-bond donors (Lipinski definition) is 2. The van der Waals surface area contributed by atoms with E-state index in [1.807, 2.05) is 17.9 Å². The van der Waals surface area contributed by atoms with E-state index >= 15 is 0 Å². The molecule has 0 unspecified atom stereocenters. The maximum atomic E-state index is 9.47. The lowest BCUT2D eigenvalue weighted by atomic mass is 9.47. The Bertz CT molecular complexity index is 1040. The zero-order valence-electron chi connectivity index (χ0n) is 20.5. The molecule has 3 atom stereocenters. The van der Waals surface area contributed by atoms with Gasteiger partial charge in [-0.1, -0.05) is 56.0 Å². The summed E-state index contributed by atoms with van der Waals surface area (Å²) in [5.41, 5.74) is 7.52. The average Bonchev–Trinajstić information content (AvgIpc) is 3.07. The van der Waals surface area contributed by atoms with Crippen LogP contribution in [0.1, 0.15) is 72.6 Å². The average molecular weight is 439 g/mol. The zero-order valence-corrected chi connectivity index (χ0v) is 20.5. The van der Waals surface area contributed by atoms with E-state index in [-0.39, 0.29) is 0 Å². The predicted molar refractivity (Wildman–Crippen MR) is 128 cm³/mol. The Labute approximate surface area is 192 Å². The number of nitrogens with zero attached hydrogens (tertiary/aromatic N) is 4. The molecule has 0 aliphatic heterocycles. The van der Waals surface area contributed by atoms with E-state index < -0.39 is 0 Å². The summed E-state index contributed by atoms with van der Waals surface area (Å²) in [5, 5.41) is 9.47. The second-order valence-corrected chi connectivity index (χ2v) is 11.1. The number of aromatic nitrogens is 4. The SMILES string of the molecule is C=C1CC[C@@H]2C(C)(C)CCC[C@@]2(C)[C@@H]1CC/C(C)=C/Cn1c[n+](C)c2ncnc(NO)c21. The number of fused-ring (bicyclic) bond motifs is 2. The van der Waals surface area contributed by atoms with Crippen LogP contribution in [0.5, 0.6) is 0 Å². The molecule has 0 amide bonds. The second-order valence-electron chi connectivity index (χ2n) is 11.1. The van der Waals surface area contributed by atoms with E-state index in [9.17, 15) is 5.21 Å². The predicted octanol–water partition coefficient (Wildman–Crippen LogP) is 5.58. The van der Waals surface area contributed by atoms with Crippen LogP contribution in [0.25, 0.3) is 11.2 Å². The van der Waals surface area contributed by atoms with Crippen molar-refractivity contribution in [2.45, 2.75) is 79.2 Å². The first kappa shape index (κ1) is 23.0. The van der Waals surface area contributed by atoms with Crippen LogP contribution in [0.3, 0.4) is 0 Å². The van der Waals surface area contributed by atoms with E-state index in [1.165, 1.54) is 56.0 Å². The van der Waals surface area contributed by atoms with Gasteiger partial charge >= 0.3 is 5.65 Å². The minimum atomic E-state index is 0.390. The van der Waals surface area contributed by atoms with Gasteiger partial charge in [-0.05, 0) is 68.1 Å². The highest BCUT2D eigenvalue weighted by molar-refractivity contribution is 5.80. The maximum absolute atomic E-state index is 9.47. The van der Waals surface area contributed by atoms with Gasteiger partial charge in [-0.25, -0.2) is 10.0 Å². The van der Waals surface area contributed by atoms with Crippen molar-refractivity contribution in [3.05, 3.63) is 36.5 Å². The summed E-state index contributed by atoms with van der Waals surface area (Å²) >= 11 is 0. The lowest BCUT2D eigenvalue weighted by Gasteiger charge is -2.58. The third-order valence-corrected chi connectivity index (χ3v) is 8.63. The summed E-state index contributed by atoms with van der Waals surface area (Å²) in [5.74, 6) is 1.85. The van der Waals surface area contributed by atoms with Gasteiger partial charge in [-0.15, -0.1) is 0 Å². The smallest absolute Gasteiger partial charge is 0.290 e. The molecule has 2 aromatic rings. The van der Waals surface area contributed by atoms with Crippen molar-refractivity contribution in [1.82, 2.24) is 14.5 Å². The maximum Gasteiger partial charge on any atom is 0.307 e. The lowest BCUT2D eigenvalue weighted by molar-refractivity contribution is -0.647. The molecule has 32 heavy (non-hydrogen) atoms. The number of allylic oxidation sites excluding steroid dienone is 3. The molecule has 2 N–H and O–H groups in total. The highest BCUT2D eigenvalue weighted by Crippen LogP contribution is 2.61. The molecular weight excluding hydrogens is 398 g/mol. The molecular formula is C26H40N5O+. The fraction of sp³-hybridized carbons (Fsp3) is 0.654. The number of aryl methyl sites for hydroxylation is 1. The van der Waals surface area contributed by atoms with Crippen LogP contribution in [-0.2, 0) is 13.6 Å². The first-order chi connectivity index (χ1) is 15.2.